The van der Waals surface area contributed by atoms with E-state index in [1.165, 1.54) is 12.1 Å². The van der Waals surface area contributed by atoms with Gasteiger partial charge in [-0.1, -0.05) is 12.1 Å². The van der Waals surface area contributed by atoms with Gasteiger partial charge in [0, 0.05) is 23.5 Å². The minimum absolute atomic E-state index is 0.0939. The molecule has 1 atom stereocenters. The molecule has 1 N–H and O–H groups in total. The monoisotopic (exact) mass is 332 g/mol. The Hall–Kier alpha value is -2.21. The van der Waals surface area contributed by atoms with E-state index >= 15 is 0 Å². The van der Waals surface area contributed by atoms with Crippen molar-refractivity contribution in [2.24, 2.45) is 0 Å². The van der Waals surface area contributed by atoms with Crippen molar-refractivity contribution in [3.05, 3.63) is 52.0 Å². The van der Waals surface area contributed by atoms with Gasteiger partial charge in [0.15, 0.2) is 0 Å². The van der Waals surface area contributed by atoms with Crippen LogP contribution >= 0.6 is 11.3 Å². The van der Waals surface area contributed by atoms with E-state index < -0.39 is 11.7 Å². The van der Waals surface area contributed by atoms with Crippen molar-refractivity contribution < 1.29 is 14.0 Å². The average molecular weight is 332 g/mol. The molecule has 0 saturated heterocycles. The van der Waals surface area contributed by atoms with Crippen LogP contribution in [-0.4, -0.2) is 23.3 Å². The lowest BCUT2D eigenvalue weighted by Crippen LogP contribution is -2.38. The number of carbonyl (C=O) groups excluding carboxylic acids is 2. The van der Waals surface area contributed by atoms with Gasteiger partial charge in [-0.2, -0.15) is 0 Å². The van der Waals surface area contributed by atoms with Crippen molar-refractivity contribution >= 4 is 28.8 Å². The fourth-order valence-electron chi connectivity index (χ4n) is 2.81. The number of nitrogens with zero attached hydrogens (tertiary/aromatic N) is 1. The van der Waals surface area contributed by atoms with Gasteiger partial charge in [-0.15, -0.1) is 11.3 Å². The standard InChI is InChI=1S/C17H17FN2O2S/c1-2-20(10-12-4-3-7-23-12)17(22)14-9-16(21)19-15-8-11(18)5-6-13(14)15/h3-8,14H,2,9-10H2,1H3,(H,19,21)/t14-/m0/s1. The van der Waals surface area contributed by atoms with Crippen molar-refractivity contribution in [3.63, 3.8) is 0 Å². The Bertz CT molecular complexity index is 730. The smallest absolute Gasteiger partial charge is 0.231 e. The summed E-state index contributed by atoms with van der Waals surface area (Å²) in [6.45, 7) is 3.01. The van der Waals surface area contributed by atoms with Crippen LogP contribution in [0, 0.1) is 5.82 Å². The first-order valence-corrected chi connectivity index (χ1v) is 8.37. The molecule has 4 nitrogen and oxygen atoms in total. The fraction of sp³-hybridized carbons (Fsp3) is 0.294. The molecule has 0 saturated carbocycles. The molecule has 0 radical (unpaired) electrons. The van der Waals surface area contributed by atoms with E-state index in [9.17, 15) is 14.0 Å². The van der Waals surface area contributed by atoms with Crippen molar-refractivity contribution in [1.29, 1.82) is 0 Å². The first kappa shape index (κ1) is 15.7. The maximum atomic E-state index is 13.4. The molecule has 0 bridgehead atoms. The summed E-state index contributed by atoms with van der Waals surface area (Å²) in [5.74, 6) is -1.33. The van der Waals surface area contributed by atoms with Crippen LogP contribution in [0.15, 0.2) is 35.7 Å². The van der Waals surface area contributed by atoms with E-state index in [0.717, 1.165) is 4.88 Å². The molecule has 1 aliphatic rings. The Kier molecular flexibility index (Phi) is 4.43. The molecule has 1 aliphatic heterocycles. The zero-order valence-corrected chi connectivity index (χ0v) is 13.5. The van der Waals surface area contributed by atoms with Crippen molar-refractivity contribution in [1.82, 2.24) is 4.90 Å². The molecule has 0 unspecified atom stereocenters. The summed E-state index contributed by atoms with van der Waals surface area (Å²) in [7, 11) is 0. The van der Waals surface area contributed by atoms with Crippen molar-refractivity contribution in [2.75, 3.05) is 11.9 Å². The number of thiophene rings is 1. The summed E-state index contributed by atoms with van der Waals surface area (Å²) in [5.41, 5.74) is 1.08. The second kappa shape index (κ2) is 6.50. The lowest BCUT2D eigenvalue weighted by atomic mass is 9.89. The molecular weight excluding hydrogens is 315 g/mol. The molecule has 0 aliphatic carbocycles. The van der Waals surface area contributed by atoms with Crippen LogP contribution in [0.1, 0.15) is 29.7 Å². The molecule has 3 rings (SSSR count). The first-order chi connectivity index (χ1) is 11.1. The van der Waals surface area contributed by atoms with Crippen LogP contribution in [0.4, 0.5) is 10.1 Å². The van der Waals surface area contributed by atoms with E-state index in [2.05, 4.69) is 5.32 Å². The number of benzene rings is 1. The summed E-state index contributed by atoms with van der Waals surface area (Å²) < 4.78 is 13.4. The van der Waals surface area contributed by atoms with Gasteiger partial charge in [0.1, 0.15) is 5.82 Å². The van der Waals surface area contributed by atoms with Gasteiger partial charge in [-0.05, 0) is 36.1 Å². The zero-order chi connectivity index (χ0) is 16.4. The molecule has 2 aromatic rings. The quantitative estimate of drug-likeness (QED) is 0.933. The van der Waals surface area contributed by atoms with Crippen molar-refractivity contribution in [3.8, 4) is 0 Å². The van der Waals surface area contributed by atoms with Crippen LogP contribution in [0.2, 0.25) is 0 Å². The molecule has 2 heterocycles. The predicted octanol–water partition coefficient (Wildman–Crippen LogP) is 3.36. The number of hydrogen-bond acceptors (Lipinski definition) is 3. The summed E-state index contributed by atoms with van der Waals surface area (Å²) in [4.78, 5) is 27.6. The molecule has 1 aromatic heterocycles. The highest BCUT2D eigenvalue weighted by Gasteiger charge is 2.33. The van der Waals surface area contributed by atoms with Gasteiger partial charge in [-0.25, -0.2) is 4.39 Å². The first-order valence-electron chi connectivity index (χ1n) is 7.49. The zero-order valence-electron chi connectivity index (χ0n) is 12.7. The number of amides is 2. The summed E-state index contributed by atoms with van der Waals surface area (Å²) in [5, 5.41) is 4.61. The summed E-state index contributed by atoms with van der Waals surface area (Å²) >= 11 is 1.60. The lowest BCUT2D eigenvalue weighted by Gasteiger charge is -2.30. The van der Waals surface area contributed by atoms with Crippen LogP contribution in [0.3, 0.4) is 0 Å². The van der Waals surface area contributed by atoms with E-state index in [0.29, 0.717) is 24.3 Å². The SMILES string of the molecule is CCN(Cc1cccs1)C(=O)[C@H]1CC(=O)Nc2cc(F)ccc21. The van der Waals surface area contributed by atoms with Gasteiger partial charge >= 0.3 is 0 Å². The number of hydrogen-bond donors (Lipinski definition) is 1. The molecule has 0 spiro atoms. The third-order valence-electron chi connectivity index (χ3n) is 3.97. The Balaban J connectivity index is 1.88. The van der Waals surface area contributed by atoms with E-state index in [1.807, 2.05) is 24.4 Å². The largest absolute Gasteiger partial charge is 0.337 e. The molecule has 2 amide bonds. The third kappa shape index (κ3) is 3.27. The van der Waals surface area contributed by atoms with E-state index in [1.54, 1.807) is 22.3 Å². The predicted molar refractivity (Wildman–Crippen MR) is 87.8 cm³/mol. The topological polar surface area (TPSA) is 49.4 Å². The molecule has 23 heavy (non-hydrogen) atoms. The molecular formula is C17H17FN2O2S. The number of nitrogens with one attached hydrogen (secondary N) is 1. The average Bonchev–Trinajstić information content (AvgIpc) is 3.03. The van der Waals surface area contributed by atoms with E-state index in [-0.39, 0.29) is 18.2 Å². The van der Waals surface area contributed by atoms with Gasteiger partial charge in [-0.3, -0.25) is 9.59 Å². The summed E-state index contributed by atoms with van der Waals surface area (Å²) in [6, 6.07) is 8.11. The van der Waals surface area contributed by atoms with Crippen LogP contribution in [0.25, 0.3) is 0 Å². The highest BCUT2D eigenvalue weighted by molar-refractivity contribution is 7.09. The number of carbonyl (C=O) groups is 2. The molecule has 120 valence electrons. The number of rotatable bonds is 4. The second-order valence-corrected chi connectivity index (χ2v) is 6.50. The lowest BCUT2D eigenvalue weighted by molar-refractivity contribution is -0.135. The Labute approximate surface area is 137 Å². The van der Waals surface area contributed by atoms with Gasteiger partial charge in [0.05, 0.1) is 12.5 Å². The Morgan fingerprint density at radius 2 is 2.26 bits per heavy atom. The van der Waals surface area contributed by atoms with Gasteiger partial charge < -0.3 is 10.2 Å². The molecule has 6 heteroatoms. The highest BCUT2D eigenvalue weighted by atomic mass is 32.1. The fourth-order valence-corrected chi connectivity index (χ4v) is 3.53. The molecule has 0 fully saturated rings. The number of anilines is 1. The minimum atomic E-state index is -0.556. The number of likely N-dealkylation sites (N-methyl/N-ethyl adjacent to an activating group) is 1. The number of fused-ring (bicyclic) bond motifs is 1. The van der Waals surface area contributed by atoms with Crippen molar-refractivity contribution in [2.45, 2.75) is 25.8 Å². The normalized spacial score (nSPS) is 16.6. The minimum Gasteiger partial charge on any atom is -0.337 e. The van der Waals surface area contributed by atoms with E-state index in [4.69, 9.17) is 0 Å². The highest BCUT2D eigenvalue weighted by Crippen LogP contribution is 2.34. The van der Waals surface area contributed by atoms with Crippen LogP contribution < -0.4 is 5.32 Å². The van der Waals surface area contributed by atoms with Crippen LogP contribution in [-0.2, 0) is 16.1 Å². The maximum Gasteiger partial charge on any atom is 0.231 e. The third-order valence-corrected chi connectivity index (χ3v) is 4.83. The molecule has 1 aromatic carbocycles. The van der Waals surface area contributed by atoms with Crippen LogP contribution in [0.5, 0.6) is 0 Å². The van der Waals surface area contributed by atoms with Gasteiger partial charge in [0.25, 0.3) is 0 Å². The van der Waals surface area contributed by atoms with Gasteiger partial charge in [0.2, 0.25) is 11.8 Å². The Morgan fingerprint density at radius 1 is 1.43 bits per heavy atom. The number of halogens is 1. The maximum absolute atomic E-state index is 13.4. The summed E-state index contributed by atoms with van der Waals surface area (Å²) in [6.07, 6.45) is 0.0956. The Morgan fingerprint density at radius 3 is 2.96 bits per heavy atom. The second-order valence-electron chi connectivity index (χ2n) is 5.47.